The van der Waals surface area contributed by atoms with Crippen molar-refractivity contribution >= 4 is 17.9 Å². The van der Waals surface area contributed by atoms with Crippen LogP contribution in [0.15, 0.2) is 54.6 Å². The van der Waals surface area contributed by atoms with E-state index < -0.39 is 0 Å². The van der Waals surface area contributed by atoms with Crippen LogP contribution in [0.3, 0.4) is 0 Å². The van der Waals surface area contributed by atoms with Gasteiger partial charge in [0.25, 0.3) is 5.91 Å². The SMILES string of the molecule is CCOc1ccc(/C=C/C(=O)N(C)Cc2ccc(C(=O)NC)cc2)cc1. The molecular formula is C21H24N2O3. The molecule has 2 aromatic carbocycles. The Kier molecular flexibility index (Phi) is 6.97. The molecule has 0 bridgehead atoms. The van der Waals surface area contributed by atoms with Gasteiger partial charge in [-0.2, -0.15) is 0 Å². The highest BCUT2D eigenvalue weighted by atomic mass is 16.5. The summed E-state index contributed by atoms with van der Waals surface area (Å²) in [6.45, 7) is 3.04. The highest BCUT2D eigenvalue weighted by Gasteiger charge is 2.07. The molecule has 5 heteroatoms. The zero-order valence-corrected chi connectivity index (χ0v) is 15.4. The Balaban J connectivity index is 1.93. The molecule has 5 nitrogen and oxygen atoms in total. The number of carbonyl (C=O) groups is 2. The molecule has 0 aliphatic heterocycles. The van der Waals surface area contributed by atoms with Crippen molar-refractivity contribution in [2.75, 3.05) is 20.7 Å². The van der Waals surface area contributed by atoms with Gasteiger partial charge < -0.3 is 15.0 Å². The summed E-state index contributed by atoms with van der Waals surface area (Å²) >= 11 is 0. The van der Waals surface area contributed by atoms with E-state index in [0.29, 0.717) is 18.7 Å². The first-order valence-corrected chi connectivity index (χ1v) is 8.50. The second-order valence-electron chi connectivity index (χ2n) is 5.81. The van der Waals surface area contributed by atoms with E-state index in [2.05, 4.69) is 5.32 Å². The molecule has 0 atom stereocenters. The number of rotatable bonds is 7. The lowest BCUT2D eigenvalue weighted by atomic mass is 10.1. The van der Waals surface area contributed by atoms with Crippen molar-refractivity contribution in [2.45, 2.75) is 13.5 Å². The molecule has 0 radical (unpaired) electrons. The summed E-state index contributed by atoms with van der Waals surface area (Å²) in [5.74, 6) is 0.599. The molecule has 0 aromatic heterocycles. The number of ether oxygens (including phenoxy) is 1. The van der Waals surface area contributed by atoms with Gasteiger partial charge in [-0.15, -0.1) is 0 Å². The van der Waals surface area contributed by atoms with Crippen molar-refractivity contribution in [1.82, 2.24) is 10.2 Å². The molecule has 2 aromatic rings. The quantitative estimate of drug-likeness (QED) is 0.779. The van der Waals surface area contributed by atoms with Gasteiger partial charge in [0.05, 0.1) is 6.61 Å². The van der Waals surface area contributed by atoms with Gasteiger partial charge in [0, 0.05) is 32.3 Å². The van der Waals surface area contributed by atoms with E-state index in [1.165, 1.54) is 0 Å². The first-order valence-electron chi connectivity index (χ1n) is 8.50. The van der Waals surface area contributed by atoms with Crippen LogP contribution in [-0.4, -0.2) is 37.4 Å². The molecule has 0 saturated carbocycles. The summed E-state index contributed by atoms with van der Waals surface area (Å²) in [7, 11) is 3.34. The first-order chi connectivity index (χ1) is 12.5. The number of benzene rings is 2. The van der Waals surface area contributed by atoms with Crippen LogP contribution >= 0.6 is 0 Å². The minimum absolute atomic E-state index is 0.0886. The van der Waals surface area contributed by atoms with Crippen LogP contribution in [0.1, 0.15) is 28.4 Å². The Bertz CT molecular complexity index is 765. The summed E-state index contributed by atoms with van der Waals surface area (Å²) in [5.41, 5.74) is 2.49. The lowest BCUT2D eigenvalue weighted by Gasteiger charge is -2.15. The number of likely N-dealkylation sites (N-methyl/N-ethyl adjacent to an activating group) is 1. The van der Waals surface area contributed by atoms with Crippen LogP contribution in [0.4, 0.5) is 0 Å². The summed E-state index contributed by atoms with van der Waals surface area (Å²) in [4.78, 5) is 25.4. The van der Waals surface area contributed by atoms with Gasteiger partial charge in [0.15, 0.2) is 0 Å². The maximum Gasteiger partial charge on any atom is 0.251 e. The fraction of sp³-hybridized carbons (Fsp3) is 0.238. The van der Waals surface area contributed by atoms with Gasteiger partial charge in [-0.3, -0.25) is 9.59 Å². The van der Waals surface area contributed by atoms with Crippen LogP contribution in [-0.2, 0) is 11.3 Å². The van der Waals surface area contributed by atoms with Crippen molar-refractivity contribution in [1.29, 1.82) is 0 Å². The summed E-state index contributed by atoms with van der Waals surface area (Å²) in [5, 5.41) is 2.58. The summed E-state index contributed by atoms with van der Waals surface area (Å²) < 4.78 is 5.40. The van der Waals surface area contributed by atoms with Gasteiger partial charge in [-0.05, 0) is 48.4 Å². The normalized spacial score (nSPS) is 10.6. The Morgan fingerprint density at radius 2 is 1.73 bits per heavy atom. The number of hydrogen-bond donors (Lipinski definition) is 1. The fourth-order valence-electron chi connectivity index (χ4n) is 2.39. The molecule has 0 aliphatic rings. The lowest BCUT2D eigenvalue weighted by Crippen LogP contribution is -2.24. The van der Waals surface area contributed by atoms with Crippen LogP contribution in [0, 0.1) is 0 Å². The Morgan fingerprint density at radius 1 is 1.08 bits per heavy atom. The molecule has 0 heterocycles. The standard InChI is InChI=1S/C21H24N2O3/c1-4-26-19-12-7-16(8-13-19)9-14-20(24)23(3)15-17-5-10-18(11-6-17)21(25)22-2/h5-14H,4,15H2,1-3H3,(H,22,25)/b14-9+. The van der Waals surface area contributed by atoms with Crippen molar-refractivity contribution in [2.24, 2.45) is 0 Å². The predicted octanol–water partition coefficient (Wildman–Crippen LogP) is 3.12. The smallest absolute Gasteiger partial charge is 0.251 e. The molecule has 0 saturated heterocycles. The van der Waals surface area contributed by atoms with Gasteiger partial charge in [-0.25, -0.2) is 0 Å². The average molecular weight is 352 g/mol. The van der Waals surface area contributed by atoms with E-state index in [1.54, 1.807) is 43.3 Å². The van der Waals surface area contributed by atoms with E-state index in [0.717, 1.165) is 16.9 Å². The zero-order valence-electron chi connectivity index (χ0n) is 15.4. The van der Waals surface area contributed by atoms with Crippen molar-refractivity contribution < 1.29 is 14.3 Å². The minimum Gasteiger partial charge on any atom is -0.494 e. The topological polar surface area (TPSA) is 58.6 Å². The third-order valence-corrected chi connectivity index (χ3v) is 3.85. The molecule has 0 spiro atoms. The highest BCUT2D eigenvalue weighted by Crippen LogP contribution is 2.13. The van der Waals surface area contributed by atoms with Crippen LogP contribution < -0.4 is 10.1 Å². The fourth-order valence-corrected chi connectivity index (χ4v) is 2.39. The molecule has 2 amide bonds. The Morgan fingerprint density at radius 3 is 2.31 bits per heavy atom. The minimum atomic E-state index is -0.126. The van der Waals surface area contributed by atoms with Gasteiger partial charge in [0.1, 0.15) is 5.75 Å². The molecule has 26 heavy (non-hydrogen) atoms. The van der Waals surface area contributed by atoms with E-state index in [4.69, 9.17) is 4.74 Å². The molecule has 136 valence electrons. The predicted molar refractivity (Wildman–Crippen MR) is 103 cm³/mol. The zero-order chi connectivity index (χ0) is 18.9. The first kappa shape index (κ1) is 19.2. The van der Waals surface area contributed by atoms with E-state index in [-0.39, 0.29) is 11.8 Å². The van der Waals surface area contributed by atoms with Gasteiger partial charge >= 0.3 is 0 Å². The second-order valence-corrected chi connectivity index (χ2v) is 5.81. The molecule has 2 rings (SSSR count). The number of nitrogens with one attached hydrogen (secondary N) is 1. The maximum absolute atomic E-state index is 12.3. The lowest BCUT2D eigenvalue weighted by molar-refractivity contribution is -0.125. The van der Waals surface area contributed by atoms with Crippen molar-refractivity contribution in [3.8, 4) is 5.75 Å². The van der Waals surface area contributed by atoms with E-state index >= 15 is 0 Å². The highest BCUT2D eigenvalue weighted by molar-refractivity contribution is 5.94. The Labute approximate surface area is 154 Å². The van der Waals surface area contributed by atoms with Crippen LogP contribution in [0.25, 0.3) is 6.08 Å². The summed E-state index contributed by atoms with van der Waals surface area (Å²) in [6, 6.07) is 14.8. The van der Waals surface area contributed by atoms with Crippen LogP contribution in [0.2, 0.25) is 0 Å². The van der Waals surface area contributed by atoms with Gasteiger partial charge in [-0.1, -0.05) is 24.3 Å². The molecule has 1 N–H and O–H groups in total. The second kappa shape index (κ2) is 9.42. The van der Waals surface area contributed by atoms with Crippen molar-refractivity contribution in [3.63, 3.8) is 0 Å². The number of amides is 2. The average Bonchev–Trinajstić information content (AvgIpc) is 2.67. The monoisotopic (exact) mass is 352 g/mol. The largest absolute Gasteiger partial charge is 0.494 e. The van der Waals surface area contributed by atoms with Gasteiger partial charge in [0.2, 0.25) is 5.91 Å². The third kappa shape index (κ3) is 5.48. The third-order valence-electron chi connectivity index (χ3n) is 3.85. The van der Waals surface area contributed by atoms with Crippen LogP contribution in [0.5, 0.6) is 5.75 Å². The summed E-state index contributed by atoms with van der Waals surface area (Å²) in [6.07, 6.45) is 3.33. The number of carbonyl (C=O) groups excluding carboxylic acids is 2. The molecule has 0 aliphatic carbocycles. The Hall–Kier alpha value is -3.08. The molecule has 0 fully saturated rings. The maximum atomic E-state index is 12.3. The number of hydrogen-bond acceptors (Lipinski definition) is 3. The molecule has 0 unspecified atom stereocenters. The van der Waals surface area contributed by atoms with Crippen molar-refractivity contribution in [3.05, 3.63) is 71.3 Å². The molecular weight excluding hydrogens is 328 g/mol. The van der Waals surface area contributed by atoms with E-state index in [1.807, 2.05) is 43.3 Å². The van der Waals surface area contributed by atoms with E-state index in [9.17, 15) is 9.59 Å². The number of nitrogens with zero attached hydrogens (tertiary/aromatic N) is 1.